The van der Waals surface area contributed by atoms with Crippen molar-refractivity contribution in [3.63, 3.8) is 0 Å². The van der Waals surface area contributed by atoms with Gasteiger partial charge >= 0.3 is 0 Å². The second-order valence-corrected chi connectivity index (χ2v) is 6.54. The van der Waals surface area contributed by atoms with Gasteiger partial charge in [-0.1, -0.05) is 26.7 Å². The Labute approximate surface area is 126 Å². The molecule has 0 unspecified atom stereocenters. The Morgan fingerprint density at radius 2 is 2.00 bits per heavy atom. The molecule has 2 rings (SSSR count). The van der Waals surface area contributed by atoms with Crippen LogP contribution in [0.3, 0.4) is 0 Å². The third kappa shape index (κ3) is 5.29. The maximum atomic E-state index is 13.6. The Bertz CT molecular complexity index is 456. The van der Waals surface area contributed by atoms with Crippen LogP contribution in [0.4, 0.5) is 4.39 Å². The van der Waals surface area contributed by atoms with E-state index in [1.165, 1.54) is 12.1 Å². The first-order chi connectivity index (χ1) is 9.97. The van der Waals surface area contributed by atoms with Gasteiger partial charge in [-0.05, 0) is 43.0 Å². The van der Waals surface area contributed by atoms with Gasteiger partial charge < -0.3 is 15.2 Å². The van der Waals surface area contributed by atoms with Crippen LogP contribution in [0.2, 0.25) is 0 Å². The zero-order valence-corrected chi connectivity index (χ0v) is 13.0. The number of ether oxygens (including phenoxy) is 1. The molecule has 1 aromatic carbocycles. The van der Waals surface area contributed by atoms with E-state index < -0.39 is 5.60 Å². The summed E-state index contributed by atoms with van der Waals surface area (Å²) in [5.74, 6) is 0.759. The van der Waals surface area contributed by atoms with E-state index in [4.69, 9.17) is 4.74 Å². The third-order valence-corrected chi connectivity index (χ3v) is 3.85. The molecule has 0 aromatic heterocycles. The Kier molecular flexibility index (Phi) is 5.59. The molecule has 0 radical (unpaired) electrons. The van der Waals surface area contributed by atoms with Crippen molar-refractivity contribution in [2.45, 2.75) is 51.7 Å². The normalized spacial score (nSPS) is 17.4. The first kappa shape index (κ1) is 16.2. The van der Waals surface area contributed by atoms with Crippen LogP contribution < -0.4 is 10.1 Å². The second kappa shape index (κ2) is 7.23. The molecule has 4 heteroatoms. The average molecular weight is 295 g/mol. The zero-order chi connectivity index (χ0) is 15.3. The summed E-state index contributed by atoms with van der Waals surface area (Å²) >= 11 is 0. The molecule has 2 N–H and O–H groups in total. The lowest BCUT2D eigenvalue weighted by atomic mass is 10.0. The molecule has 1 aliphatic rings. The fourth-order valence-corrected chi connectivity index (χ4v) is 2.71. The lowest BCUT2D eigenvalue weighted by molar-refractivity contribution is 0.00129. The SMILES string of the molecule is CC(C)CNCc1cc(F)cc(OCC2(O)CCCC2)c1. The molecule has 0 amide bonds. The monoisotopic (exact) mass is 295 g/mol. The predicted octanol–water partition coefficient (Wildman–Crippen LogP) is 3.26. The molecule has 1 fully saturated rings. The predicted molar refractivity (Wildman–Crippen MR) is 81.9 cm³/mol. The lowest BCUT2D eigenvalue weighted by Gasteiger charge is -2.22. The summed E-state index contributed by atoms with van der Waals surface area (Å²) in [6, 6.07) is 4.74. The van der Waals surface area contributed by atoms with Gasteiger partial charge in [0.2, 0.25) is 0 Å². The van der Waals surface area contributed by atoms with Gasteiger partial charge in [0, 0.05) is 12.6 Å². The molecular weight excluding hydrogens is 269 g/mol. The van der Waals surface area contributed by atoms with Gasteiger partial charge in [0.05, 0.1) is 5.60 Å². The van der Waals surface area contributed by atoms with Crippen molar-refractivity contribution in [3.8, 4) is 5.75 Å². The van der Waals surface area contributed by atoms with Crippen molar-refractivity contribution < 1.29 is 14.2 Å². The third-order valence-electron chi connectivity index (χ3n) is 3.85. The number of halogens is 1. The van der Waals surface area contributed by atoms with E-state index in [1.807, 2.05) is 6.07 Å². The zero-order valence-electron chi connectivity index (χ0n) is 13.0. The number of aliphatic hydroxyl groups is 1. The van der Waals surface area contributed by atoms with E-state index in [0.29, 0.717) is 18.2 Å². The number of benzene rings is 1. The molecule has 0 heterocycles. The summed E-state index contributed by atoms with van der Waals surface area (Å²) in [7, 11) is 0. The molecule has 118 valence electrons. The van der Waals surface area contributed by atoms with Crippen molar-refractivity contribution in [3.05, 3.63) is 29.6 Å². The van der Waals surface area contributed by atoms with E-state index >= 15 is 0 Å². The number of hydrogen-bond acceptors (Lipinski definition) is 3. The van der Waals surface area contributed by atoms with E-state index in [2.05, 4.69) is 19.2 Å². The van der Waals surface area contributed by atoms with Crippen molar-refractivity contribution in [2.24, 2.45) is 5.92 Å². The van der Waals surface area contributed by atoms with Gasteiger partial charge in [-0.25, -0.2) is 4.39 Å². The fourth-order valence-electron chi connectivity index (χ4n) is 2.71. The molecule has 3 nitrogen and oxygen atoms in total. The molecular formula is C17H26FNO2. The lowest BCUT2D eigenvalue weighted by Crippen LogP contribution is -2.32. The minimum absolute atomic E-state index is 0.245. The Morgan fingerprint density at radius 3 is 2.67 bits per heavy atom. The highest BCUT2D eigenvalue weighted by molar-refractivity contribution is 5.29. The van der Waals surface area contributed by atoms with Crippen LogP contribution in [0, 0.1) is 11.7 Å². The van der Waals surface area contributed by atoms with Crippen LogP contribution in [0.5, 0.6) is 5.75 Å². The van der Waals surface area contributed by atoms with Gasteiger partial charge in [0.15, 0.2) is 0 Å². The summed E-state index contributed by atoms with van der Waals surface area (Å²) in [6.45, 7) is 6.03. The molecule has 0 saturated heterocycles. The van der Waals surface area contributed by atoms with Crippen molar-refractivity contribution >= 4 is 0 Å². The van der Waals surface area contributed by atoms with E-state index in [-0.39, 0.29) is 12.4 Å². The van der Waals surface area contributed by atoms with E-state index in [1.54, 1.807) is 0 Å². The van der Waals surface area contributed by atoms with Crippen LogP contribution in [0.1, 0.15) is 45.1 Å². The molecule has 21 heavy (non-hydrogen) atoms. The van der Waals surface area contributed by atoms with Crippen LogP contribution in [-0.2, 0) is 6.54 Å². The maximum absolute atomic E-state index is 13.6. The first-order valence-corrected chi connectivity index (χ1v) is 7.82. The minimum atomic E-state index is -0.734. The van der Waals surface area contributed by atoms with E-state index in [9.17, 15) is 9.50 Å². The fraction of sp³-hybridized carbons (Fsp3) is 0.647. The Hall–Kier alpha value is -1.13. The van der Waals surface area contributed by atoms with Crippen LogP contribution in [0.15, 0.2) is 18.2 Å². The first-order valence-electron chi connectivity index (χ1n) is 7.82. The van der Waals surface area contributed by atoms with Crippen LogP contribution in [0.25, 0.3) is 0 Å². The van der Waals surface area contributed by atoms with Crippen molar-refractivity contribution in [1.82, 2.24) is 5.32 Å². The maximum Gasteiger partial charge on any atom is 0.127 e. The smallest absolute Gasteiger partial charge is 0.127 e. The molecule has 0 aliphatic heterocycles. The van der Waals surface area contributed by atoms with Crippen LogP contribution in [-0.4, -0.2) is 23.9 Å². The average Bonchev–Trinajstić information content (AvgIpc) is 2.83. The second-order valence-electron chi connectivity index (χ2n) is 6.54. The summed E-state index contributed by atoms with van der Waals surface area (Å²) in [4.78, 5) is 0. The highest BCUT2D eigenvalue weighted by Crippen LogP contribution is 2.30. The summed E-state index contributed by atoms with van der Waals surface area (Å²) in [5, 5.41) is 13.6. The van der Waals surface area contributed by atoms with E-state index in [0.717, 1.165) is 37.8 Å². The van der Waals surface area contributed by atoms with Crippen molar-refractivity contribution in [2.75, 3.05) is 13.2 Å². The van der Waals surface area contributed by atoms with Gasteiger partial charge in [0.25, 0.3) is 0 Å². The van der Waals surface area contributed by atoms with Gasteiger partial charge in [-0.15, -0.1) is 0 Å². The highest BCUT2D eigenvalue weighted by Gasteiger charge is 2.31. The molecule has 1 aromatic rings. The van der Waals surface area contributed by atoms with Gasteiger partial charge in [-0.2, -0.15) is 0 Å². The topological polar surface area (TPSA) is 41.5 Å². The Balaban J connectivity index is 1.91. The minimum Gasteiger partial charge on any atom is -0.490 e. The molecule has 0 bridgehead atoms. The van der Waals surface area contributed by atoms with Gasteiger partial charge in [-0.3, -0.25) is 0 Å². The standard InChI is InChI=1S/C17H26FNO2/c1-13(2)10-19-11-14-7-15(18)9-16(8-14)21-12-17(20)5-3-4-6-17/h7-9,13,19-20H,3-6,10-12H2,1-2H3. The molecule has 1 saturated carbocycles. The highest BCUT2D eigenvalue weighted by atomic mass is 19.1. The summed E-state index contributed by atoms with van der Waals surface area (Å²) in [6.07, 6.45) is 3.61. The summed E-state index contributed by atoms with van der Waals surface area (Å²) < 4.78 is 19.3. The quantitative estimate of drug-likeness (QED) is 0.811. The largest absolute Gasteiger partial charge is 0.490 e. The van der Waals surface area contributed by atoms with Gasteiger partial charge in [0.1, 0.15) is 18.2 Å². The molecule has 0 spiro atoms. The molecule has 0 atom stereocenters. The number of rotatable bonds is 7. The summed E-state index contributed by atoms with van der Waals surface area (Å²) in [5.41, 5.74) is 0.131. The van der Waals surface area contributed by atoms with Crippen LogP contribution >= 0.6 is 0 Å². The number of nitrogens with one attached hydrogen (secondary N) is 1. The van der Waals surface area contributed by atoms with Crippen molar-refractivity contribution in [1.29, 1.82) is 0 Å². The Morgan fingerprint density at radius 1 is 1.29 bits per heavy atom. The number of hydrogen-bond donors (Lipinski definition) is 2. The molecule has 1 aliphatic carbocycles.